The molecule has 1 aliphatic rings. The van der Waals surface area contributed by atoms with Gasteiger partial charge < -0.3 is 5.32 Å². The maximum atomic E-state index is 13.4. The summed E-state index contributed by atoms with van der Waals surface area (Å²) in [4.78, 5) is 29.5. The molecule has 0 unspecified atom stereocenters. The first-order valence-corrected chi connectivity index (χ1v) is 8.73. The maximum Gasteiger partial charge on any atom is 0.261 e. The van der Waals surface area contributed by atoms with Crippen LogP contribution in [0.2, 0.25) is 0 Å². The fraction of sp³-hybridized carbons (Fsp3) is 0.250. The fourth-order valence-electron chi connectivity index (χ4n) is 3.37. The third kappa shape index (κ3) is 3.09. The molecule has 138 valence electrons. The summed E-state index contributed by atoms with van der Waals surface area (Å²) in [6.45, 7) is 2.36. The van der Waals surface area contributed by atoms with Gasteiger partial charge in [0, 0.05) is 18.5 Å². The third-order valence-electron chi connectivity index (χ3n) is 4.87. The monoisotopic (exact) mass is 369 g/mol. The van der Waals surface area contributed by atoms with Gasteiger partial charge in [-0.2, -0.15) is 0 Å². The molecule has 0 radical (unpaired) electrons. The zero-order valence-corrected chi connectivity index (χ0v) is 14.6. The third-order valence-corrected chi connectivity index (χ3v) is 4.87. The Morgan fingerprint density at radius 2 is 2.00 bits per heavy atom. The zero-order chi connectivity index (χ0) is 19.1. The lowest BCUT2D eigenvalue weighted by Crippen LogP contribution is -2.27. The van der Waals surface area contributed by atoms with E-state index in [1.54, 1.807) is 29.7 Å². The molecule has 1 aliphatic heterocycles. The Labute approximate surface area is 153 Å². The van der Waals surface area contributed by atoms with Gasteiger partial charge >= 0.3 is 0 Å². The van der Waals surface area contributed by atoms with E-state index < -0.39 is 17.7 Å². The van der Waals surface area contributed by atoms with E-state index >= 15 is 0 Å². The van der Waals surface area contributed by atoms with E-state index in [0.29, 0.717) is 28.6 Å². The first-order valence-electron chi connectivity index (χ1n) is 8.73. The predicted molar refractivity (Wildman–Crippen MR) is 96.6 cm³/mol. The number of aryl methyl sites for hydroxylation is 1. The number of nitrogens with one attached hydrogen (secondary N) is 1. The van der Waals surface area contributed by atoms with Crippen LogP contribution >= 0.6 is 0 Å². The molecule has 3 aromatic rings. The van der Waals surface area contributed by atoms with Crippen LogP contribution in [-0.2, 0) is 13.0 Å². The van der Waals surface area contributed by atoms with Crippen LogP contribution in [-0.4, -0.2) is 15.5 Å². The zero-order valence-electron chi connectivity index (χ0n) is 14.6. The minimum atomic E-state index is -0.960. The molecule has 0 saturated heterocycles. The van der Waals surface area contributed by atoms with Crippen LogP contribution in [0, 0.1) is 11.6 Å². The van der Waals surface area contributed by atoms with Gasteiger partial charge in [0.2, 0.25) is 0 Å². The second kappa shape index (κ2) is 6.57. The number of benzene rings is 2. The van der Waals surface area contributed by atoms with Crippen molar-refractivity contribution in [2.45, 2.75) is 32.4 Å². The number of carbonyl (C=O) groups excluding carboxylic acids is 1. The lowest BCUT2D eigenvalue weighted by molar-refractivity contribution is 0.0940. The molecular formula is C20H17F2N3O2. The summed E-state index contributed by atoms with van der Waals surface area (Å²) in [5.41, 5.74) is 1.21. The molecule has 0 aliphatic carbocycles. The van der Waals surface area contributed by atoms with Gasteiger partial charge in [-0.25, -0.2) is 13.8 Å². The van der Waals surface area contributed by atoms with Crippen molar-refractivity contribution in [2.75, 3.05) is 0 Å². The second-order valence-corrected chi connectivity index (χ2v) is 6.69. The minimum absolute atomic E-state index is 0.0883. The molecule has 1 N–H and O–H groups in total. The molecule has 1 atom stereocenters. The molecule has 0 saturated carbocycles. The number of fused-ring (bicyclic) bond motifs is 2. The molecule has 2 heterocycles. The highest BCUT2D eigenvalue weighted by Gasteiger charge is 2.18. The quantitative estimate of drug-likeness (QED) is 0.772. The van der Waals surface area contributed by atoms with Crippen LogP contribution in [0.25, 0.3) is 10.9 Å². The first kappa shape index (κ1) is 17.3. The van der Waals surface area contributed by atoms with Crippen LogP contribution < -0.4 is 10.9 Å². The average Bonchev–Trinajstić information content (AvgIpc) is 3.12. The summed E-state index contributed by atoms with van der Waals surface area (Å²) in [6.07, 6.45) is 1.63. The minimum Gasteiger partial charge on any atom is -0.346 e. The number of nitrogens with zero attached hydrogens (tertiary/aromatic N) is 2. The Bertz CT molecular complexity index is 1120. The summed E-state index contributed by atoms with van der Waals surface area (Å²) in [5, 5.41) is 3.23. The van der Waals surface area contributed by atoms with Gasteiger partial charge in [0.1, 0.15) is 5.82 Å². The maximum absolute atomic E-state index is 13.4. The molecule has 1 aromatic heterocycles. The highest BCUT2D eigenvalue weighted by Crippen LogP contribution is 2.19. The van der Waals surface area contributed by atoms with Gasteiger partial charge in [0.25, 0.3) is 11.5 Å². The van der Waals surface area contributed by atoms with Crippen molar-refractivity contribution >= 4 is 16.8 Å². The summed E-state index contributed by atoms with van der Waals surface area (Å²) in [6, 6.07) is 7.77. The molecule has 1 amide bonds. The first-order chi connectivity index (χ1) is 12.9. The van der Waals surface area contributed by atoms with Crippen molar-refractivity contribution < 1.29 is 13.6 Å². The van der Waals surface area contributed by atoms with E-state index in [0.717, 1.165) is 30.8 Å². The molecular weight excluding hydrogens is 352 g/mol. The van der Waals surface area contributed by atoms with E-state index in [4.69, 9.17) is 0 Å². The number of amides is 1. The lowest BCUT2D eigenvalue weighted by atomic mass is 10.1. The topological polar surface area (TPSA) is 64.0 Å². The molecule has 27 heavy (non-hydrogen) atoms. The second-order valence-electron chi connectivity index (χ2n) is 6.69. The van der Waals surface area contributed by atoms with Crippen LogP contribution in [0.15, 0.2) is 41.2 Å². The fourth-order valence-corrected chi connectivity index (χ4v) is 3.37. The molecule has 7 heteroatoms. The largest absolute Gasteiger partial charge is 0.346 e. The van der Waals surface area contributed by atoms with E-state index in [1.807, 2.05) is 0 Å². The SMILES string of the molecule is C[C@H](NC(=O)c1ccc2c(=O)n3c(nc2c1)CCC3)c1ccc(F)c(F)c1. The van der Waals surface area contributed by atoms with E-state index in [1.165, 1.54) is 6.07 Å². The van der Waals surface area contributed by atoms with Crippen molar-refractivity contribution in [1.29, 1.82) is 0 Å². The van der Waals surface area contributed by atoms with Crippen molar-refractivity contribution in [1.82, 2.24) is 14.9 Å². The number of halogens is 2. The van der Waals surface area contributed by atoms with Gasteiger partial charge in [0.05, 0.1) is 16.9 Å². The van der Waals surface area contributed by atoms with Crippen molar-refractivity contribution in [3.8, 4) is 0 Å². The molecule has 4 rings (SSSR count). The molecule has 0 spiro atoms. The Morgan fingerprint density at radius 3 is 2.78 bits per heavy atom. The summed E-state index contributed by atoms with van der Waals surface area (Å²) in [7, 11) is 0. The normalized spacial score (nSPS) is 14.2. The van der Waals surface area contributed by atoms with E-state index in [-0.39, 0.29) is 11.5 Å². The van der Waals surface area contributed by atoms with Crippen molar-refractivity contribution in [3.63, 3.8) is 0 Å². The number of hydrogen-bond donors (Lipinski definition) is 1. The van der Waals surface area contributed by atoms with Gasteiger partial charge in [0.15, 0.2) is 11.6 Å². The standard InChI is InChI=1S/C20H17F2N3O2/c1-11(12-5-7-15(21)16(22)9-12)23-19(26)13-4-6-14-17(10-13)24-18-3-2-8-25(18)20(14)27/h4-7,9-11H,2-3,8H2,1H3,(H,23,26)/t11-/m0/s1. The highest BCUT2D eigenvalue weighted by molar-refractivity contribution is 5.97. The van der Waals surface area contributed by atoms with Crippen molar-refractivity contribution in [3.05, 3.63) is 75.3 Å². The summed E-state index contributed by atoms with van der Waals surface area (Å²) in [5.74, 6) is -1.54. The number of carbonyl (C=O) groups is 1. The van der Waals surface area contributed by atoms with Gasteiger partial charge in [-0.3, -0.25) is 14.2 Å². The molecule has 2 aromatic carbocycles. The number of rotatable bonds is 3. The van der Waals surface area contributed by atoms with Crippen LogP contribution in [0.5, 0.6) is 0 Å². The summed E-state index contributed by atoms with van der Waals surface area (Å²) < 4.78 is 28.1. The van der Waals surface area contributed by atoms with Crippen LogP contribution in [0.3, 0.4) is 0 Å². The molecule has 0 fully saturated rings. The van der Waals surface area contributed by atoms with Gasteiger partial charge in [-0.05, 0) is 49.2 Å². The van der Waals surface area contributed by atoms with Gasteiger partial charge in [-0.15, -0.1) is 0 Å². The lowest BCUT2D eigenvalue weighted by Gasteiger charge is -2.15. The summed E-state index contributed by atoms with van der Waals surface area (Å²) >= 11 is 0. The Balaban J connectivity index is 1.61. The van der Waals surface area contributed by atoms with Crippen LogP contribution in [0.1, 0.15) is 41.1 Å². The van der Waals surface area contributed by atoms with E-state index in [9.17, 15) is 18.4 Å². The average molecular weight is 369 g/mol. The van der Waals surface area contributed by atoms with Gasteiger partial charge in [-0.1, -0.05) is 6.07 Å². The molecule has 5 nitrogen and oxygen atoms in total. The Kier molecular flexibility index (Phi) is 4.22. The van der Waals surface area contributed by atoms with Crippen molar-refractivity contribution in [2.24, 2.45) is 0 Å². The van der Waals surface area contributed by atoms with Crippen LogP contribution in [0.4, 0.5) is 8.78 Å². The number of hydrogen-bond acceptors (Lipinski definition) is 3. The molecule has 0 bridgehead atoms. The Hall–Kier alpha value is -3.09. The van der Waals surface area contributed by atoms with E-state index in [2.05, 4.69) is 10.3 Å². The predicted octanol–water partition coefficient (Wildman–Crippen LogP) is 3.11. The Morgan fingerprint density at radius 1 is 1.19 bits per heavy atom. The highest BCUT2D eigenvalue weighted by atomic mass is 19.2. The smallest absolute Gasteiger partial charge is 0.261 e. The number of aromatic nitrogens is 2.